The Morgan fingerprint density at radius 1 is 1.12 bits per heavy atom. The van der Waals surface area contributed by atoms with Gasteiger partial charge in [0.1, 0.15) is 17.4 Å². The highest BCUT2D eigenvalue weighted by Crippen LogP contribution is 2.30. The summed E-state index contributed by atoms with van der Waals surface area (Å²) >= 11 is 9.61. The number of para-hydroxylation sites is 1. The molecule has 2 aromatic heterocycles. The van der Waals surface area contributed by atoms with Gasteiger partial charge in [-0.15, -0.1) is 0 Å². The zero-order valence-electron chi connectivity index (χ0n) is 8.64. The summed E-state index contributed by atoms with van der Waals surface area (Å²) in [4.78, 5) is 8.24. The molecule has 84 valence electrons. The van der Waals surface area contributed by atoms with Crippen molar-refractivity contribution in [2.45, 2.75) is 0 Å². The number of hydrogen-bond acceptors (Lipinski definition) is 2. The lowest BCUT2D eigenvalue weighted by Gasteiger charge is -2.04. The van der Waals surface area contributed by atoms with E-state index in [1.807, 2.05) is 41.1 Å². The minimum absolute atomic E-state index is 0.449. The number of aromatic nitrogens is 3. The molecule has 0 radical (unpaired) electrons. The van der Waals surface area contributed by atoms with Crippen LogP contribution in [-0.2, 0) is 0 Å². The van der Waals surface area contributed by atoms with E-state index >= 15 is 0 Å². The Bertz CT molecular complexity index is 679. The molecule has 0 saturated carbocycles. The van der Waals surface area contributed by atoms with Crippen molar-refractivity contribution in [2.24, 2.45) is 0 Å². The molecule has 5 heteroatoms. The lowest BCUT2D eigenvalue weighted by molar-refractivity contribution is 1.11. The van der Waals surface area contributed by atoms with E-state index in [-0.39, 0.29) is 0 Å². The largest absolute Gasteiger partial charge is 0.311 e. The van der Waals surface area contributed by atoms with Crippen molar-refractivity contribution in [2.75, 3.05) is 0 Å². The predicted octanol–water partition coefficient (Wildman–Crippen LogP) is 3.84. The molecule has 0 unspecified atom stereocenters. The van der Waals surface area contributed by atoms with Gasteiger partial charge in [0.2, 0.25) is 0 Å². The Kier molecular flexibility index (Phi) is 2.61. The summed E-state index contributed by atoms with van der Waals surface area (Å²) < 4.78 is 2.88. The van der Waals surface area contributed by atoms with Crippen molar-refractivity contribution in [1.82, 2.24) is 14.5 Å². The zero-order valence-corrected chi connectivity index (χ0v) is 11.0. The topological polar surface area (TPSA) is 30.7 Å². The zero-order chi connectivity index (χ0) is 11.8. The van der Waals surface area contributed by atoms with Crippen molar-refractivity contribution in [1.29, 1.82) is 0 Å². The molecule has 0 fully saturated rings. The first-order chi connectivity index (χ1) is 8.27. The summed E-state index contributed by atoms with van der Waals surface area (Å²) in [5.41, 5.74) is 2.65. The van der Waals surface area contributed by atoms with Crippen LogP contribution in [0, 0.1) is 0 Å². The van der Waals surface area contributed by atoms with Gasteiger partial charge in [0.15, 0.2) is 5.15 Å². The maximum atomic E-state index is 6.13. The molecule has 0 atom stereocenters. The first kappa shape index (κ1) is 10.7. The van der Waals surface area contributed by atoms with Crippen LogP contribution < -0.4 is 0 Å². The second-order valence-corrected chi connectivity index (χ2v) is 4.76. The summed E-state index contributed by atoms with van der Waals surface area (Å²) in [7, 11) is 0. The molecule has 1 aromatic carbocycles. The summed E-state index contributed by atoms with van der Waals surface area (Å²) in [6, 6.07) is 9.95. The molecular weight excluding hydrogens is 302 g/mol. The Hall–Kier alpha value is -1.39. The monoisotopic (exact) mass is 307 g/mol. The van der Waals surface area contributed by atoms with E-state index in [0.717, 1.165) is 21.2 Å². The van der Waals surface area contributed by atoms with Crippen molar-refractivity contribution < 1.29 is 0 Å². The van der Waals surface area contributed by atoms with Crippen molar-refractivity contribution in [3.05, 3.63) is 52.5 Å². The van der Waals surface area contributed by atoms with E-state index in [4.69, 9.17) is 11.6 Å². The molecule has 2 heterocycles. The Morgan fingerprint density at radius 3 is 2.65 bits per heavy atom. The molecule has 0 amide bonds. The highest BCUT2D eigenvalue weighted by atomic mass is 79.9. The molecule has 3 nitrogen and oxygen atoms in total. The van der Waals surface area contributed by atoms with Crippen LogP contribution in [0.2, 0.25) is 5.15 Å². The van der Waals surface area contributed by atoms with Gasteiger partial charge in [-0.1, -0.05) is 29.8 Å². The summed E-state index contributed by atoms with van der Waals surface area (Å²) in [5.74, 6) is 0. The lowest BCUT2D eigenvalue weighted by Crippen LogP contribution is -1.93. The van der Waals surface area contributed by atoms with Gasteiger partial charge in [-0.25, -0.2) is 9.97 Å². The summed E-state index contributed by atoms with van der Waals surface area (Å²) in [6.07, 6.45) is 3.41. The minimum Gasteiger partial charge on any atom is -0.311 e. The Labute approximate surface area is 111 Å². The van der Waals surface area contributed by atoms with E-state index in [1.165, 1.54) is 6.33 Å². The number of nitrogens with zero attached hydrogens (tertiary/aromatic N) is 3. The molecular formula is C12H7BrClN3. The van der Waals surface area contributed by atoms with Crippen LogP contribution >= 0.6 is 27.5 Å². The van der Waals surface area contributed by atoms with Gasteiger partial charge < -0.3 is 4.57 Å². The quantitative estimate of drug-likeness (QED) is 0.640. The fourth-order valence-corrected chi connectivity index (χ4v) is 2.50. The fourth-order valence-electron chi connectivity index (χ4n) is 1.78. The second kappa shape index (κ2) is 4.13. The highest BCUT2D eigenvalue weighted by molar-refractivity contribution is 9.10. The van der Waals surface area contributed by atoms with E-state index in [9.17, 15) is 0 Å². The van der Waals surface area contributed by atoms with Crippen LogP contribution in [0.3, 0.4) is 0 Å². The number of halogens is 2. The second-order valence-electron chi connectivity index (χ2n) is 3.54. The molecule has 0 aliphatic heterocycles. The van der Waals surface area contributed by atoms with Crippen molar-refractivity contribution in [3.63, 3.8) is 0 Å². The van der Waals surface area contributed by atoms with Gasteiger partial charge in [-0.3, -0.25) is 0 Å². The molecule has 0 saturated heterocycles. The predicted molar refractivity (Wildman–Crippen MR) is 71.6 cm³/mol. The van der Waals surface area contributed by atoms with Gasteiger partial charge in [0, 0.05) is 11.9 Å². The molecule has 0 aliphatic carbocycles. The normalized spacial score (nSPS) is 10.9. The smallest absolute Gasteiger partial charge is 0.157 e. The van der Waals surface area contributed by atoms with Gasteiger partial charge in [0.25, 0.3) is 0 Å². The van der Waals surface area contributed by atoms with Gasteiger partial charge in [-0.05, 0) is 28.1 Å². The van der Waals surface area contributed by atoms with Crippen molar-refractivity contribution >= 4 is 38.6 Å². The van der Waals surface area contributed by atoms with Crippen LogP contribution in [0.15, 0.2) is 47.3 Å². The summed E-state index contributed by atoms with van der Waals surface area (Å²) in [5, 5.41) is 0.449. The molecule has 17 heavy (non-hydrogen) atoms. The van der Waals surface area contributed by atoms with Crippen LogP contribution in [0.5, 0.6) is 0 Å². The van der Waals surface area contributed by atoms with E-state index in [2.05, 4.69) is 25.9 Å². The third kappa shape index (κ3) is 1.73. The summed E-state index contributed by atoms with van der Waals surface area (Å²) in [6.45, 7) is 0. The average molecular weight is 309 g/mol. The van der Waals surface area contributed by atoms with Crippen LogP contribution in [-0.4, -0.2) is 14.5 Å². The highest BCUT2D eigenvalue weighted by Gasteiger charge is 2.12. The first-order valence-electron chi connectivity index (χ1n) is 5.00. The Morgan fingerprint density at radius 2 is 1.88 bits per heavy atom. The number of fused-ring (bicyclic) bond motifs is 1. The molecule has 0 N–H and O–H groups in total. The third-order valence-corrected chi connectivity index (χ3v) is 3.38. The third-order valence-electron chi connectivity index (χ3n) is 2.52. The molecule has 0 spiro atoms. The lowest BCUT2D eigenvalue weighted by atomic mass is 10.3. The average Bonchev–Trinajstić information content (AvgIpc) is 2.70. The van der Waals surface area contributed by atoms with Gasteiger partial charge in [-0.2, -0.15) is 0 Å². The van der Waals surface area contributed by atoms with Gasteiger partial charge >= 0.3 is 0 Å². The van der Waals surface area contributed by atoms with Gasteiger partial charge in [0.05, 0.1) is 4.47 Å². The first-order valence-corrected chi connectivity index (χ1v) is 6.17. The van der Waals surface area contributed by atoms with Crippen LogP contribution in [0.4, 0.5) is 0 Å². The van der Waals surface area contributed by atoms with E-state index < -0.39 is 0 Å². The number of benzene rings is 1. The van der Waals surface area contributed by atoms with Crippen molar-refractivity contribution in [3.8, 4) is 5.69 Å². The SMILES string of the molecule is Clc1ncnc2c(Br)cn(-c3ccccc3)c12. The Balaban J connectivity index is 2.38. The molecule has 0 aliphatic rings. The molecule has 3 rings (SSSR count). The van der Waals surface area contributed by atoms with Crippen LogP contribution in [0.1, 0.15) is 0 Å². The van der Waals surface area contributed by atoms with Crippen LogP contribution in [0.25, 0.3) is 16.7 Å². The standard InChI is InChI=1S/C12H7BrClN3/c13-9-6-17(8-4-2-1-3-5-8)11-10(9)15-7-16-12(11)14/h1-7H. The maximum absolute atomic E-state index is 6.13. The van der Waals surface area contributed by atoms with E-state index in [1.54, 1.807) is 0 Å². The molecule has 3 aromatic rings. The number of hydrogen-bond donors (Lipinski definition) is 0. The van der Waals surface area contributed by atoms with E-state index in [0.29, 0.717) is 5.15 Å². The minimum atomic E-state index is 0.449. The number of rotatable bonds is 1. The maximum Gasteiger partial charge on any atom is 0.157 e. The molecule has 0 bridgehead atoms. The fraction of sp³-hybridized carbons (Fsp3) is 0.